The van der Waals surface area contributed by atoms with Crippen LogP contribution in [0.25, 0.3) is 0 Å². The van der Waals surface area contributed by atoms with E-state index in [1.54, 1.807) is 6.92 Å². The van der Waals surface area contributed by atoms with Crippen LogP contribution in [-0.2, 0) is 6.54 Å². The summed E-state index contributed by atoms with van der Waals surface area (Å²) in [5.41, 5.74) is 7.15. The summed E-state index contributed by atoms with van der Waals surface area (Å²) >= 11 is 0. The minimum Gasteiger partial charge on any atom is -0.397 e. The van der Waals surface area contributed by atoms with Crippen LogP contribution in [-0.4, -0.2) is 4.57 Å². The summed E-state index contributed by atoms with van der Waals surface area (Å²) in [6.45, 7) is 1.89. The van der Waals surface area contributed by atoms with Gasteiger partial charge in [-0.3, -0.25) is 4.79 Å². The van der Waals surface area contributed by atoms with Crippen LogP contribution in [0.5, 0.6) is 0 Å². The van der Waals surface area contributed by atoms with Crippen LogP contribution in [0.4, 0.5) is 14.5 Å². The number of anilines is 1. The lowest BCUT2D eigenvalue weighted by atomic mass is 10.2. The summed E-state index contributed by atoms with van der Waals surface area (Å²) in [5.74, 6) is -1.84. The fourth-order valence-electron chi connectivity index (χ4n) is 1.64. The Kier molecular flexibility index (Phi) is 3.14. The lowest BCUT2D eigenvalue weighted by molar-refractivity contribution is 0.506. The molecule has 0 atom stereocenters. The molecule has 0 saturated carbocycles. The zero-order valence-corrected chi connectivity index (χ0v) is 9.78. The van der Waals surface area contributed by atoms with Gasteiger partial charge in [0.1, 0.15) is 0 Å². The van der Waals surface area contributed by atoms with Crippen LogP contribution in [0.15, 0.2) is 35.3 Å². The smallest absolute Gasteiger partial charge is 0.251 e. The van der Waals surface area contributed by atoms with Crippen LogP contribution in [0, 0.1) is 18.6 Å². The lowest BCUT2D eigenvalue weighted by Gasteiger charge is -2.08. The van der Waals surface area contributed by atoms with Gasteiger partial charge in [-0.05, 0) is 30.2 Å². The SMILES string of the molecule is Cc1cc(=O)n(Cc2ccc(F)c(F)c2)cc1N. The van der Waals surface area contributed by atoms with E-state index in [1.165, 1.54) is 22.9 Å². The highest BCUT2D eigenvalue weighted by Gasteiger charge is 2.05. The highest BCUT2D eigenvalue weighted by atomic mass is 19.2. The molecule has 0 bridgehead atoms. The van der Waals surface area contributed by atoms with Crippen molar-refractivity contribution in [2.24, 2.45) is 0 Å². The monoisotopic (exact) mass is 250 g/mol. The number of pyridine rings is 1. The second-order valence-corrected chi connectivity index (χ2v) is 4.13. The average Bonchev–Trinajstić information content (AvgIpc) is 2.31. The van der Waals surface area contributed by atoms with E-state index in [1.807, 2.05) is 0 Å². The number of hydrogen-bond donors (Lipinski definition) is 1. The van der Waals surface area contributed by atoms with Gasteiger partial charge in [0.2, 0.25) is 0 Å². The van der Waals surface area contributed by atoms with Crippen molar-refractivity contribution >= 4 is 5.69 Å². The van der Waals surface area contributed by atoms with Gasteiger partial charge in [-0.25, -0.2) is 8.78 Å². The molecule has 0 aliphatic carbocycles. The van der Waals surface area contributed by atoms with Gasteiger partial charge in [0.05, 0.1) is 12.2 Å². The number of hydrogen-bond acceptors (Lipinski definition) is 2. The number of aryl methyl sites for hydroxylation is 1. The molecule has 1 aromatic heterocycles. The van der Waals surface area contributed by atoms with Crippen molar-refractivity contribution in [3.8, 4) is 0 Å². The van der Waals surface area contributed by atoms with Crippen molar-refractivity contribution in [3.63, 3.8) is 0 Å². The van der Waals surface area contributed by atoms with Gasteiger partial charge in [-0.1, -0.05) is 6.07 Å². The Balaban J connectivity index is 2.37. The molecular weight excluding hydrogens is 238 g/mol. The number of nitrogens with two attached hydrogens (primary N) is 1. The first-order valence-electron chi connectivity index (χ1n) is 5.38. The van der Waals surface area contributed by atoms with E-state index in [0.29, 0.717) is 16.8 Å². The summed E-state index contributed by atoms with van der Waals surface area (Å²) in [6.07, 6.45) is 1.50. The maximum absolute atomic E-state index is 13.0. The highest BCUT2D eigenvalue weighted by molar-refractivity contribution is 5.43. The minimum absolute atomic E-state index is 0.153. The highest BCUT2D eigenvalue weighted by Crippen LogP contribution is 2.11. The molecule has 5 heteroatoms. The molecule has 0 aliphatic heterocycles. The van der Waals surface area contributed by atoms with Crippen LogP contribution in [0.1, 0.15) is 11.1 Å². The summed E-state index contributed by atoms with van der Waals surface area (Å²) in [5, 5.41) is 0. The van der Waals surface area contributed by atoms with E-state index in [0.717, 1.165) is 12.1 Å². The Morgan fingerprint density at radius 1 is 1.22 bits per heavy atom. The zero-order valence-electron chi connectivity index (χ0n) is 9.78. The summed E-state index contributed by atoms with van der Waals surface area (Å²) in [6, 6.07) is 4.95. The molecule has 2 aromatic rings. The fourth-order valence-corrected chi connectivity index (χ4v) is 1.64. The summed E-state index contributed by atoms with van der Waals surface area (Å²) in [7, 11) is 0. The van der Waals surface area contributed by atoms with E-state index in [9.17, 15) is 13.6 Å². The Morgan fingerprint density at radius 3 is 2.61 bits per heavy atom. The standard InChI is InChI=1S/C13H12F2N2O/c1-8-4-13(18)17(7-12(8)16)6-9-2-3-10(14)11(15)5-9/h2-5,7H,6,16H2,1H3. The third-order valence-electron chi connectivity index (χ3n) is 2.71. The van der Waals surface area contributed by atoms with E-state index in [-0.39, 0.29) is 12.1 Å². The number of nitrogens with zero attached hydrogens (tertiary/aromatic N) is 1. The zero-order chi connectivity index (χ0) is 13.3. The van der Waals surface area contributed by atoms with Gasteiger partial charge in [0.15, 0.2) is 11.6 Å². The van der Waals surface area contributed by atoms with Crippen molar-refractivity contribution in [1.29, 1.82) is 0 Å². The molecule has 94 valence electrons. The number of rotatable bonds is 2. The number of aromatic nitrogens is 1. The van der Waals surface area contributed by atoms with E-state index in [4.69, 9.17) is 5.73 Å². The lowest BCUT2D eigenvalue weighted by Crippen LogP contribution is -2.20. The molecule has 0 fully saturated rings. The molecule has 0 aliphatic rings. The van der Waals surface area contributed by atoms with Gasteiger partial charge in [0.25, 0.3) is 5.56 Å². The third-order valence-corrected chi connectivity index (χ3v) is 2.71. The van der Waals surface area contributed by atoms with Crippen LogP contribution < -0.4 is 11.3 Å². The molecule has 0 unspecified atom stereocenters. The minimum atomic E-state index is -0.930. The normalized spacial score (nSPS) is 10.6. The maximum Gasteiger partial charge on any atom is 0.251 e. The largest absolute Gasteiger partial charge is 0.397 e. The van der Waals surface area contributed by atoms with E-state index < -0.39 is 11.6 Å². The van der Waals surface area contributed by atoms with Crippen LogP contribution >= 0.6 is 0 Å². The number of nitrogen functional groups attached to an aromatic ring is 1. The molecule has 1 aromatic carbocycles. The molecule has 0 saturated heterocycles. The quantitative estimate of drug-likeness (QED) is 0.886. The maximum atomic E-state index is 13.0. The first kappa shape index (κ1) is 12.3. The predicted octanol–water partition coefficient (Wildman–Crippen LogP) is 2.07. The molecule has 1 heterocycles. The van der Waals surface area contributed by atoms with E-state index in [2.05, 4.69) is 0 Å². The molecule has 0 radical (unpaired) electrons. The average molecular weight is 250 g/mol. The Morgan fingerprint density at radius 2 is 1.94 bits per heavy atom. The van der Waals surface area contributed by atoms with Crippen molar-refractivity contribution in [2.45, 2.75) is 13.5 Å². The van der Waals surface area contributed by atoms with Crippen molar-refractivity contribution in [2.75, 3.05) is 5.73 Å². The Bertz CT molecular complexity index is 650. The van der Waals surface area contributed by atoms with Crippen molar-refractivity contribution in [3.05, 3.63) is 63.6 Å². The molecule has 0 spiro atoms. The molecule has 2 N–H and O–H groups in total. The Labute approximate surface area is 102 Å². The second-order valence-electron chi connectivity index (χ2n) is 4.13. The Hall–Kier alpha value is -2.17. The second kappa shape index (κ2) is 4.60. The predicted molar refractivity (Wildman–Crippen MR) is 65.3 cm³/mol. The third kappa shape index (κ3) is 2.40. The van der Waals surface area contributed by atoms with Crippen molar-refractivity contribution < 1.29 is 8.78 Å². The van der Waals surface area contributed by atoms with Crippen LogP contribution in [0.2, 0.25) is 0 Å². The van der Waals surface area contributed by atoms with Crippen LogP contribution in [0.3, 0.4) is 0 Å². The van der Waals surface area contributed by atoms with Crippen molar-refractivity contribution in [1.82, 2.24) is 4.57 Å². The number of halogens is 2. The van der Waals surface area contributed by atoms with Gasteiger partial charge < -0.3 is 10.3 Å². The number of benzene rings is 1. The fraction of sp³-hybridized carbons (Fsp3) is 0.154. The molecular formula is C13H12F2N2O. The molecule has 0 amide bonds. The van der Waals surface area contributed by atoms with Gasteiger partial charge in [-0.15, -0.1) is 0 Å². The van der Waals surface area contributed by atoms with Gasteiger partial charge >= 0.3 is 0 Å². The molecule has 18 heavy (non-hydrogen) atoms. The van der Waals surface area contributed by atoms with Gasteiger partial charge in [-0.2, -0.15) is 0 Å². The summed E-state index contributed by atoms with van der Waals surface area (Å²) in [4.78, 5) is 11.7. The van der Waals surface area contributed by atoms with Gasteiger partial charge in [0, 0.05) is 12.3 Å². The molecule has 2 rings (SSSR count). The van der Waals surface area contributed by atoms with E-state index >= 15 is 0 Å². The first-order valence-corrected chi connectivity index (χ1v) is 5.38. The topological polar surface area (TPSA) is 48.0 Å². The molecule has 3 nitrogen and oxygen atoms in total. The summed E-state index contributed by atoms with van der Waals surface area (Å²) < 4.78 is 27.2. The first-order chi connectivity index (χ1) is 8.47.